The molecule has 2 aromatic carbocycles. The number of carbonyl (C=O) groups excluding carboxylic acids is 2. The summed E-state index contributed by atoms with van der Waals surface area (Å²) in [6.45, 7) is 5.18. The molecule has 5 nitrogen and oxygen atoms in total. The van der Waals surface area contributed by atoms with Crippen LogP contribution in [0.25, 0.3) is 0 Å². The molecule has 0 aromatic heterocycles. The molecule has 152 valence electrons. The molecule has 2 amide bonds. The first-order valence-electron chi connectivity index (χ1n) is 10.5. The number of nitrogens with zero attached hydrogens (tertiary/aromatic N) is 1. The molecular formula is C24H29N3O2. The van der Waals surface area contributed by atoms with E-state index in [9.17, 15) is 9.59 Å². The van der Waals surface area contributed by atoms with Crippen molar-refractivity contribution in [1.82, 2.24) is 10.2 Å². The lowest BCUT2D eigenvalue weighted by Gasteiger charge is -2.22. The van der Waals surface area contributed by atoms with Crippen LogP contribution in [0, 0.1) is 13.8 Å². The minimum absolute atomic E-state index is 0.00556. The zero-order valence-corrected chi connectivity index (χ0v) is 17.2. The van der Waals surface area contributed by atoms with Gasteiger partial charge in [0.2, 0.25) is 5.91 Å². The van der Waals surface area contributed by atoms with Crippen LogP contribution in [0.1, 0.15) is 52.7 Å². The van der Waals surface area contributed by atoms with Crippen LogP contribution in [0.5, 0.6) is 0 Å². The van der Waals surface area contributed by atoms with E-state index in [1.54, 1.807) is 0 Å². The van der Waals surface area contributed by atoms with Crippen LogP contribution in [0.3, 0.4) is 0 Å². The Morgan fingerprint density at radius 3 is 2.38 bits per heavy atom. The molecule has 4 rings (SSSR count). The van der Waals surface area contributed by atoms with Gasteiger partial charge < -0.3 is 10.6 Å². The minimum atomic E-state index is 0.00556. The first-order valence-corrected chi connectivity index (χ1v) is 10.5. The molecule has 0 unspecified atom stereocenters. The number of anilines is 1. The number of rotatable bonds is 8. The molecule has 29 heavy (non-hydrogen) atoms. The van der Waals surface area contributed by atoms with Crippen molar-refractivity contribution in [3.63, 3.8) is 0 Å². The smallest absolute Gasteiger partial charge is 0.251 e. The summed E-state index contributed by atoms with van der Waals surface area (Å²) < 4.78 is 0. The van der Waals surface area contributed by atoms with Crippen LogP contribution in [-0.2, 0) is 11.3 Å². The van der Waals surface area contributed by atoms with Gasteiger partial charge in [-0.2, -0.15) is 0 Å². The zero-order valence-electron chi connectivity index (χ0n) is 17.2. The molecule has 2 saturated carbocycles. The van der Waals surface area contributed by atoms with E-state index in [0.29, 0.717) is 24.2 Å². The number of hydrogen-bond donors (Lipinski definition) is 2. The van der Waals surface area contributed by atoms with Gasteiger partial charge in [0.25, 0.3) is 5.91 Å². The van der Waals surface area contributed by atoms with E-state index in [1.165, 1.54) is 5.56 Å². The number of nitrogens with one attached hydrogen (secondary N) is 2. The molecule has 0 spiro atoms. The zero-order chi connectivity index (χ0) is 20.4. The summed E-state index contributed by atoms with van der Waals surface area (Å²) in [5.74, 6) is 0.0250. The van der Waals surface area contributed by atoms with E-state index in [0.717, 1.165) is 49.0 Å². The van der Waals surface area contributed by atoms with Crippen LogP contribution in [0.15, 0.2) is 42.5 Å². The lowest BCUT2D eigenvalue weighted by molar-refractivity contribution is -0.117. The SMILES string of the molecule is Cc1cccc(NC(=O)CN(Cc2ccc(C(=O)NC3CC3)cc2)C2CC2)c1C. The summed E-state index contributed by atoms with van der Waals surface area (Å²) in [6, 6.07) is 14.6. The summed E-state index contributed by atoms with van der Waals surface area (Å²) in [5, 5.41) is 6.08. The van der Waals surface area contributed by atoms with Crippen molar-refractivity contribution in [3.05, 3.63) is 64.7 Å². The molecule has 2 fully saturated rings. The van der Waals surface area contributed by atoms with E-state index >= 15 is 0 Å². The van der Waals surface area contributed by atoms with E-state index in [1.807, 2.05) is 43.3 Å². The van der Waals surface area contributed by atoms with Crippen molar-refractivity contribution < 1.29 is 9.59 Å². The number of carbonyl (C=O) groups is 2. The van der Waals surface area contributed by atoms with Crippen molar-refractivity contribution in [3.8, 4) is 0 Å². The Kier molecular flexibility index (Phi) is 5.67. The van der Waals surface area contributed by atoms with Gasteiger partial charge in [-0.15, -0.1) is 0 Å². The number of amides is 2. The van der Waals surface area contributed by atoms with E-state index < -0.39 is 0 Å². The van der Waals surface area contributed by atoms with Crippen molar-refractivity contribution in [2.75, 3.05) is 11.9 Å². The number of aryl methyl sites for hydroxylation is 1. The summed E-state index contributed by atoms with van der Waals surface area (Å²) in [5.41, 5.74) is 4.99. The van der Waals surface area contributed by atoms with Gasteiger partial charge in [0, 0.05) is 29.9 Å². The van der Waals surface area contributed by atoms with Crippen molar-refractivity contribution in [2.45, 2.75) is 58.2 Å². The monoisotopic (exact) mass is 391 g/mol. The standard InChI is InChI=1S/C24H29N3O2/c1-16-4-3-5-22(17(16)2)26-23(28)15-27(21-12-13-21)14-18-6-8-19(9-7-18)24(29)25-20-10-11-20/h3-9,20-21H,10-15H2,1-2H3,(H,25,29)(H,26,28). The second kappa shape index (κ2) is 8.37. The molecule has 5 heteroatoms. The fourth-order valence-corrected chi connectivity index (χ4v) is 3.51. The third-order valence-corrected chi connectivity index (χ3v) is 5.80. The molecule has 2 aromatic rings. The van der Waals surface area contributed by atoms with Crippen LogP contribution in [0.2, 0.25) is 0 Å². The maximum Gasteiger partial charge on any atom is 0.251 e. The minimum Gasteiger partial charge on any atom is -0.349 e. The number of benzene rings is 2. The molecule has 0 bridgehead atoms. The summed E-state index contributed by atoms with van der Waals surface area (Å²) in [4.78, 5) is 27.0. The molecule has 2 aliphatic carbocycles. The van der Waals surface area contributed by atoms with Crippen LogP contribution >= 0.6 is 0 Å². The fourth-order valence-electron chi connectivity index (χ4n) is 3.51. The first-order chi connectivity index (χ1) is 14.0. The molecular weight excluding hydrogens is 362 g/mol. The summed E-state index contributed by atoms with van der Waals surface area (Å²) in [7, 11) is 0. The Morgan fingerprint density at radius 1 is 1.00 bits per heavy atom. The van der Waals surface area contributed by atoms with E-state index in [-0.39, 0.29) is 11.8 Å². The topological polar surface area (TPSA) is 61.4 Å². The van der Waals surface area contributed by atoms with E-state index in [2.05, 4.69) is 28.5 Å². The Labute approximate surface area is 172 Å². The van der Waals surface area contributed by atoms with Gasteiger partial charge in [0.15, 0.2) is 0 Å². The van der Waals surface area contributed by atoms with Crippen LogP contribution in [-0.4, -0.2) is 35.3 Å². The molecule has 0 radical (unpaired) electrons. The summed E-state index contributed by atoms with van der Waals surface area (Å²) >= 11 is 0. The van der Waals surface area contributed by atoms with Crippen LogP contribution < -0.4 is 10.6 Å². The largest absolute Gasteiger partial charge is 0.349 e. The highest BCUT2D eigenvalue weighted by molar-refractivity contribution is 5.94. The molecule has 2 aliphatic rings. The number of hydrogen-bond acceptors (Lipinski definition) is 3. The lowest BCUT2D eigenvalue weighted by atomic mass is 10.1. The van der Waals surface area contributed by atoms with Gasteiger partial charge >= 0.3 is 0 Å². The van der Waals surface area contributed by atoms with Gasteiger partial charge in [-0.05, 0) is 74.4 Å². The van der Waals surface area contributed by atoms with Gasteiger partial charge in [-0.1, -0.05) is 24.3 Å². The normalized spacial score (nSPS) is 16.0. The summed E-state index contributed by atoms with van der Waals surface area (Å²) in [6.07, 6.45) is 4.45. The first kappa shape index (κ1) is 19.6. The average Bonchev–Trinajstić information content (AvgIpc) is 3.60. The van der Waals surface area contributed by atoms with Crippen LogP contribution in [0.4, 0.5) is 5.69 Å². The third kappa shape index (κ3) is 5.24. The molecule has 0 heterocycles. The lowest BCUT2D eigenvalue weighted by Crippen LogP contribution is -2.34. The van der Waals surface area contributed by atoms with Gasteiger partial charge in [-0.3, -0.25) is 14.5 Å². The predicted molar refractivity (Wildman–Crippen MR) is 115 cm³/mol. The maximum absolute atomic E-state index is 12.7. The molecule has 0 aliphatic heterocycles. The fraction of sp³-hybridized carbons (Fsp3) is 0.417. The molecule has 2 N–H and O–H groups in total. The Morgan fingerprint density at radius 2 is 1.72 bits per heavy atom. The highest BCUT2D eigenvalue weighted by Gasteiger charge is 2.30. The van der Waals surface area contributed by atoms with Crippen molar-refractivity contribution >= 4 is 17.5 Å². The van der Waals surface area contributed by atoms with Crippen molar-refractivity contribution in [2.24, 2.45) is 0 Å². The highest BCUT2D eigenvalue weighted by atomic mass is 16.2. The van der Waals surface area contributed by atoms with Gasteiger partial charge in [0.05, 0.1) is 6.54 Å². The maximum atomic E-state index is 12.7. The predicted octanol–water partition coefficient (Wildman–Crippen LogP) is 3.80. The quantitative estimate of drug-likeness (QED) is 0.720. The molecule has 0 saturated heterocycles. The van der Waals surface area contributed by atoms with E-state index in [4.69, 9.17) is 0 Å². The third-order valence-electron chi connectivity index (χ3n) is 5.80. The van der Waals surface area contributed by atoms with Gasteiger partial charge in [0.1, 0.15) is 0 Å². The second-order valence-corrected chi connectivity index (χ2v) is 8.38. The molecule has 0 atom stereocenters. The van der Waals surface area contributed by atoms with Crippen molar-refractivity contribution in [1.29, 1.82) is 0 Å². The average molecular weight is 392 g/mol. The Bertz CT molecular complexity index is 899. The highest BCUT2D eigenvalue weighted by Crippen LogP contribution is 2.28. The Hall–Kier alpha value is -2.66. The Balaban J connectivity index is 1.36. The van der Waals surface area contributed by atoms with Gasteiger partial charge in [-0.25, -0.2) is 0 Å². The second-order valence-electron chi connectivity index (χ2n) is 8.38.